The van der Waals surface area contributed by atoms with Crippen LogP contribution < -0.4 is 0 Å². The van der Waals surface area contributed by atoms with Gasteiger partial charge in [-0.3, -0.25) is 9.42 Å². The highest BCUT2D eigenvalue weighted by Gasteiger charge is 2.30. The number of hydrogen-bond acceptors (Lipinski definition) is 5. The molecule has 0 aromatic carbocycles. The number of halogens is 1. The molecule has 16 heavy (non-hydrogen) atoms. The van der Waals surface area contributed by atoms with Gasteiger partial charge in [-0.1, -0.05) is 0 Å². The minimum absolute atomic E-state index is 0.203. The van der Waals surface area contributed by atoms with Gasteiger partial charge in [-0.15, -0.1) is 5.26 Å². The minimum Gasteiger partial charge on any atom is -0.338 e. The first kappa shape index (κ1) is 15.7. The Kier molecular flexibility index (Phi) is 6.35. The van der Waals surface area contributed by atoms with Crippen LogP contribution in [0.1, 0.15) is 34.6 Å². The highest BCUT2D eigenvalue weighted by molar-refractivity contribution is 7.81. The van der Waals surface area contributed by atoms with Crippen LogP contribution in [0.2, 0.25) is 0 Å². The molecule has 2 atom stereocenters. The summed E-state index contributed by atoms with van der Waals surface area (Å²) in [5.74, 6) is 0. The third-order valence-electron chi connectivity index (χ3n) is 2.04. The van der Waals surface area contributed by atoms with Crippen molar-refractivity contribution in [2.24, 2.45) is 0 Å². The molecule has 0 aliphatic carbocycles. The summed E-state index contributed by atoms with van der Waals surface area (Å²) in [6, 6.07) is 0.405. The second kappa shape index (κ2) is 6.46. The van der Waals surface area contributed by atoms with E-state index in [0.717, 1.165) is 0 Å². The van der Waals surface area contributed by atoms with Crippen LogP contribution in [-0.4, -0.2) is 23.2 Å². The van der Waals surface area contributed by atoms with Gasteiger partial charge in [-0.2, -0.15) is 0 Å². The maximum absolute atomic E-state index is 11.4. The Bertz CT molecular complexity index is 296. The first-order valence-electron chi connectivity index (χ1n) is 5.04. The molecule has 94 valence electrons. The Morgan fingerprint density at radius 2 is 1.69 bits per heavy atom. The predicted molar refractivity (Wildman–Crippen MR) is 62.8 cm³/mol. The fourth-order valence-electron chi connectivity index (χ4n) is 1.74. The second-order valence-electron chi connectivity index (χ2n) is 3.95. The Morgan fingerprint density at radius 3 is 2.00 bits per heavy atom. The third kappa shape index (κ3) is 5.18. The van der Waals surface area contributed by atoms with Crippen molar-refractivity contribution in [2.75, 3.05) is 0 Å². The van der Waals surface area contributed by atoms with Gasteiger partial charge in [-0.05, 0) is 34.6 Å². The number of nitrogens with zero attached hydrogens (tertiary/aromatic N) is 2. The van der Waals surface area contributed by atoms with Crippen LogP contribution in [-0.2, 0) is 13.6 Å². The molecule has 0 bridgehead atoms. The largest absolute Gasteiger partial charge is 0.487 e. The van der Waals surface area contributed by atoms with Crippen molar-refractivity contribution in [1.29, 1.82) is 5.26 Å². The van der Waals surface area contributed by atoms with Gasteiger partial charge in [0.15, 0.2) is 0 Å². The maximum atomic E-state index is 11.4. The summed E-state index contributed by atoms with van der Waals surface area (Å²) in [6.07, 6.45) is 0.783. The van der Waals surface area contributed by atoms with E-state index < -0.39 is 13.2 Å². The topological polar surface area (TPSA) is 62.6 Å². The minimum atomic E-state index is -3.81. The molecule has 2 unspecified atom stereocenters. The van der Waals surface area contributed by atoms with Crippen LogP contribution in [0.3, 0.4) is 0 Å². The molecule has 0 radical (unpaired) electrons. The molecular formula is C9H18ClN2O3P. The van der Waals surface area contributed by atoms with Crippen molar-refractivity contribution in [3.63, 3.8) is 0 Å². The second-order valence-corrected chi connectivity index (χ2v) is 6.45. The molecular weight excluding hydrogens is 251 g/mol. The van der Waals surface area contributed by atoms with E-state index in [2.05, 4.69) is 4.52 Å². The van der Waals surface area contributed by atoms with Crippen LogP contribution in [0.5, 0.6) is 0 Å². The smallest absolute Gasteiger partial charge is 0.338 e. The number of hydrogen-bond donors (Lipinski definition) is 0. The summed E-state index contributed by atoms with van der Waals surface area (Å²) in [4.78, 5) is 1.97. The van der Waals surface area contributed by atoms with Gasteiger partial charge >= 0.3 is 6.95 Å². The van der Waals surface area contributed by atoms with Gasteiger partial charge in [-0.25, -0.2) is 4.57 Å². The molecule has 0 amide bonds. The van der Waals surface area contributed by atoms with Gasteiger partial charge in [0.05, 0.1) is 0 Å². The number of rotatable bonds is 6. The summed E-state index contributed by atoms with van der Waals surface area (Å²) in [5.41, 5.74) is 0. The molecule has 0 fully saturated rings. The highest BCUT2D eigenvalue weighted by atomic mass is 35.7. The van der Waals surface area contributed by atoms with E-state index in [1.54, 1.807) is 6.92 Å². The van der Waals surface area contributed by atoms with Crippen LogP contribution in [0.25, 0.3) is 0 Å². The SMILES string of the molecule is CC(C)N(C(C)C)C(C)OP(=O)(Cl)OC#N. The zero-order chi connectivity index (χ0) is 12.9. The molecule has 0 aliphatic rings. The van der Waals surface area contributed by atoms with E-state index in [-0.39, 0.29) is 12.1 Å². The van der Waals surface area contributed by atoms with Crippen LogP contribution in [0, 0.1) is 11.5 Å². The van der Waals surface area contributed by atoms with E-state index in [1.165, 1.54) is 6.26 Å². The zero-order valence-electron chi connectivity index (χ0n) is 10.2. The van der Waals surface area contributed by atoms with E-state index in [4.69, 9.17) is 21.0 Å². The lowest BCUT2D eigenvalue weighted by molar-refractivity contribution is -0.00862. The summed E-state index contributed by atoms with van der Waals surface area (Å²) in [5, 5.41) is 8.25. The molecule has 0 heterocycles. The maximum Gasteiger partial charge on any atom is 0.487 e. The van der Waals surface area contributed by atoms with E-state index in [0.29, 0.717) is 0 Å². The Balaban J connectivity index is 4.60. The number of nitriles is 1. The lowest BCUT2D eigenvalue weighted by atomic mass is 10.2. The molecule has 0 saturated heterocycles. The van der Waals surface area contributed by atoms with Crippen molar-refractivity contribution in [1.82, 2.24) is 4.90 Å². The summed E-state index contributed by atoms with van der Waals surface area (Å²) in [7, 11) is 0. The van der Waals surface area contributed by atoms with Gasteiger partial charge in [0.2, 0.25) is 0 Å². The van der Waals surface area contributed by atoms with E-state index in [1.807, 2.05) is 32.6 Å². The quantitative estimate of drug-likeness (QED) is 0.420. The van der Waals surface area contributed by atoms with Gasteiger partial charge in [0, 0.05) is 23.3 Å². The molecule has 0 rings (SSSR count). The first-order chi connectivity index (χ1) is 7.21. The lowest BCUT2D eigenvalue weighted by Crippen LogP contribution is -2.44. The Hall–Kier alpha value is -0.270. The molecule has 0 spiro atoms. The van der Waals surface area contributed by atoms with Crippen LogP contribution in [0.15, 0.2) is 0 Å². The first-order valence-corrected chi connectivity index (χ1v) is 7.49. The fraction of sp³-hybridized carbons (Fsp3) is 0.889. The Labute approximate surface area is 102 Å². The van der Waals surface area contributed by atoms with Gasteiger partial charge in [0.1, 0.15) is 6.23 Å². The average Bonchev–Trinajstić information content (AvgIpc) is 1.99. The van der Waals surface area contributed by atoms with Crippen molar-refractivity contribution in [3.05, 3.63) is 0 Å². The molecule has 5 nitrogen and oxygen atoms in total. The summed E-state index contributed by atoms with van der Waals surface area (Å²) >= 11 is 5.45. The molecule has 7 heteroatoms. The summed E-state index contributed by atoms with van der Waals surface area (Å²) < 4.78 is 20.7. The van der Waals surface area contributed by atoms with Crippen LogP contribution in [0.4, 0.5) is 0 Å². The van der Waals surface area contributed by atoms with E-state index in [9.17, 15) is 4.57 Å². The van der Waals surface area contributed by atoms with Crippen molar-refractivity contribution in [2.45, 2.75) is 52.9 Å². The van der Waals surface area contributed by atoms with Crippen molar-refractivity contribution >= 4 is 18.2 Å². The zero-order valence-corrected chi connectivity index (χ0v) is 11.8. The standard InChI is InChI=1S/C9H18ClN2O3P/c1-7(2)12(8(3)4)9(5)15-16(10,13)14-6-11/h7-9H,1-5H3. The molecule has 0 aliphatic heterocycles. The molecule has 0 aromatic rings. The molecule has 0 N–H and O–H groups in total. The van der Waals surface area contributed by atoms with Gasteiger partial charge < -0.3 is 4.52 Å². The van der Waals surface area contributed by atoms with Gasteiger partial charge in [0.25, 0.3) is 6.26 Å². The average molecular weight is 269 g/mol. The normalized spacial score (nSPS) is 17.2. The lowest BCUT2D eigenvalue weighted by Gasteiger charge is -2.35. The van der Waals surface area contributed by atoms with E-state index >= 15 is 0 Å². The highest BCUT2D eigenvalue weighted by Crippen LogP contribution is 2.54. The monoisotopic (exact) mass is 268 g/mol. The summed E-state index contributed by atoms with van der Waals surface area (Å²) in [6.45, 7) is 5.87. The molecule has 0 saturated carbocycles. The third-order valence-corrected chi connectivity index (χ3v) is 3.34. The predicted octanol–water partition coefficient (Wildman–Crippen LogP) is 3.31. The molecule has 0 aromatic heterocycles. The fourth-order valence-corrected chi connectivity index (χ4v) is 2.80. The van der Waals surface area contributed by atoms with Crippen LogP contribution >= 0.6 is 18.2 Å². The Morgan fingerprint density at radius 1 is 1.25 bits per heavy atom. The van der Waals surface area contributed by atoms with Crippen molar-refractivity contribution < 1.29 is 13.6 Å². The van der Waals surface area contributed by atoms with Crippen molar-refractivity contribution in [3.8, 4) is 6.26 Å².